The normalized spacial score (nSPS) is 20.6. The number of hydrogen-bond donors (Lipinski definition) is 0. The van der Waals surface area contributed by atoms with Gasteiger partial charge in [-0.2, -0.15) is 13.2 Å². The van der Waals surface area contributed by atoms with Gasteiger partial charge in [0.1, 0.15) is 12.4 Å². The molecule has 30 heavy (non-hydrogen) atoms. The summed E-state index contributed by atoms with van der Waals surface area (Å²) in [7, 11) is 0. The van der Waals surface area contributed by atoms with Gasteiger partial charge in [-0.3, -0.25) is 4.90 Å². The summed E-state index contributed by atoms with van der Waals surface area (Å²) in [5.74, 6) is 0.182. The van der Waals surface area contributed by atoms with Gasteiger partial charge in [0.25, 0.3) is 0 Å². The van der Waals surface area contributed by atoms with Crippen LogP contribution >= 0.6 is 0 Å². The molecule has 2 bridgehead atoms. The van der Waals surface area contributed by atoms with Crippen LogP contribution in [0.15, 0.2) is 60.7 Å². The molecule has 0 radical (unpaired) electrons. The van der Waals surface area contributed by atoms with Crippen LogP contribution in [0.3, 0.4) is 0 Å². The third-order valence-corrected chi connectivity index (χ3v) is 5.44. The Bertz CT molecular complexity index is 910. The van der Waals surface area contributed by atoms with Gasteiger partial charge in [0.05, 0.1) is 6.04 Å². The molecule has 1 saturated heterocycles. The van der Waals surface area contributed by atoms with Crippen LogP contribution in [0.4, 0.5) is 18.0 Å². The minimum absolute atomic E-state index is 0.0248. The summed E-state index contributed by atoms with van der Waals surface area (Å²) >= 11 is 0. The van der Waals surface area contributed by atoms with Crippen LogP contribution in [0.25, 0.3) is 5.57 Å². The summed E-state index contributed by atoms with van der Waals surface area (Å²) in [5.41, 5.74) is 2.97. The largest absolute Gasteiger partial charge is 0.484 e. The van der Waals surface area contributed by atoms with Gasteiger partial charge in [0.2, 0.25) is 0 Å². The molecule has 4 rings (SSSR count). The van der Waals surface area contributed by atoms with E-state index in [1.54, 1.807) is 24.3 Å². The van der Waals surface area contributed by atoms with Gasteiger partial charge < -0.3 is 9.47 Å². The van der Waals surface area contributed by atoms with E-state index in [0.717, 1.165) is 29.5 Å². The van der Waals surface area contributed by atoms with Crippen molar-refractivity contribution < 1.29 is 27.4 Å². The monoisotopic (exact) mass is 417 g/mol. The number of rotatable bonds is 5. The minimum Gasteiger partial charge on any atom is -0.484 e. The number of carbonyl (C=O) groups is 1. The van der Waals surface area contributed by atoms with Crippen molar-refractivity contribution in [2.75, 3.05) is 6.61 Å². The quantitative estimate of drug-likeness (QED) is 0.637. The fraction of sp³-hybridized carbons (Fsp3) is 0.348. The second-order valence-electron chi connectivity index (χ2n) is 7.57. The molecule has 7 heteroatoms. The maximum atomic E-state index is 12.6. The third kappa shape index (κ3) is 4.78. The molecule has 1 amide bonds. The van der Waals surface area contributed by atoms with Gasteiger partial charge in [-0.25, -0.2) is 4.79 Å². The molecule has 2 unspecified atom stereocenters. The second-order valence-corrected chi connectivity index (χ2v) is 7.57. The molecule has 2 aliphatic heterocycles. The summed E-state index contributed by atoms with van der Waals surface area (Å²) in [5, 5.41) is 0. The van der Waals surface area contributed by atoms with Gasteiger partial charge in [-0.1, -0.05) is 48.5 Å². The van der Waals surface area contributed by atoms with Crippen LogP contribution < -0.4 is 4.74 Å². The lowest BCUT2D eigenvalue weighted by atomic mass is 9.95. The maximum absolute atomic E-state index is 12.6. The Morgan fingerprint density at radius 3 is 2.43 bits per heavy atom. The first-order valence-corrected chi connectivity index (χ1v) is 9.89. The number of ether oxygens (including phenoxy) is 2. The molecule has 158 valence electrons. The Labute approximate surface area is 172 Å². The first kappa shape index (κ1) is 20.3. The first-order chi connectivity index (χ1) is 14.4. The molecular weight excluding hydrogens is 395 g/mol. The number of benzene rings is 2. The molecule has 0 aromatic heterocycles. The number of amides is 1. The van der Waals surface area contributed by atoms with E-state index in [4.69, 9.17) is 9.47 Å². The van der Waals surface area contributed by atoms with Crippen molar-refractivity contribution in [2.45, 2.75) is 44.1 Å². The summed E-state index contributed by atoms with van der Waals surface area (Å²) in [6.45, 7) is -1.06. The van der Waals surface area contributed by atoms with Crippen molar-refractivity contribution in [2.24, 2.45) is 0 Å². The number of carbonyl (C=O) groups excluding carboxylic acids is 1. The Balaban J connectivity index is 1.39. The maximum Gasteiger partial charge on any atom is 0.422 e. The van der Waals surface area contributed by atoms with Crippen molar-refractivity contribution in [3.05, 3.63) is 71.8 Å². The molecule has 0 saturated carbocycles. The van der Waals surface area contributed by atoms with E-state index in [-0.39, 0.29) is 30.5 Å². The average Bonchev–Trinajstić information content (AvgIpc) is 3.00. The number of nitrogens with zero attached hydrogens (tertiary/aromatic N) is 1. The summed E-state index contributed by atoms with van der Waals surface area (Å²) in [4.78, 5) is 14.5. The second kappa shape index (κ2) is 8.42. The zero-order valence-corrected chi connectivity index (χ0v) is 16.3. The van der Waals surface area contributed by atoms with Gasteiger partial charge in [0.15, 0.2) is 6.61 Å². The highest BCUT2D eigenvalue weighted by atomic mass is 19.4. The van der Waals surface area contributed by atoms with E-state index in [1.807, 2.05) is 35.2 Å². The van der Waals surface area contributed by atoms with Crippen LogP contribution in [0, 0.1) is 0 Å². The lowest BCUT2D eigenvalue weighted by molar-refractivity contribution is -0.153. The van der Waals surface area contributed by atoms with E-state index in [0.29, 0.717) is 6.42 Å². The molecule has 2 atom stereocenters. The molecule has 2 aliphatic rings. The molecule has 2 aromatic rings. The standard InChI is InChI=1S/C23H22F3NO3/c24-23(25,26)15-30-21-10-6-17(7-11-21)18-12-19-8-9-20(13-18)27(19)22(28)29-14-16-4-2-1-3-5-16/h1-7,10-12,19-20H,8-9,13-15H2. The van der Waals surface area contributed by atoms with E-state index < -0.39 is 12.8 Å². The highest BCUT2D eigenvalue weighted by Crippen LogP contribution is 2.39. The molecule has 2 aromatic carbocycles. The fourth-order valence-electron chi connectivity index (χ4n) is 4.05. The van der Waals surface area contributed by atoms with Crippen molar-refractivity contribution >= 4 is 11.7 Å². The number of hydrogen-bond acceptors (Lipinski definition) is 3. The van der Waals surface area contributed by atoms with Crippen molar-refractivity contribution in [3.8, 4) is 5.75 Å². The van der Waals surface area contributed by atoms with Crippen LogP contribution in [-0.4, -0.2) is 35.9 Å². The van der Waals surface area contributed by atoms with Gasteiger partial charge in [-0.05, 0) is 48.1 Å². The van der Waals surface area contributed by atoms with Gasteiger partial charge in [0, 0.05) is 6.04 Å². The highest BCUT2D eigenvalue weighted by molar-refractivity contribution is 5.75. The molecule has 2 heterocycles. The SMILES string of the molecule is O=C(OCc1ccccc1)N1C2C=C(c3ccc(OCC(F)(F)F)cc3)CC1CC2. The Kier molecular flexibility index (Phi) is 5.70. The average molecular weight is 417 g/mol. The number of alkyl halides is 3. The predicted molar refractivity (Wildman–Crippen MR) is 106 cm³/mol. The van der Waals surface area contributed by atoms with Gasteiger partial charge in [-0.15, -0.1) is 0 Å². The Morgan fingerprint density at radius 2 is 1.77 bits per heavy atom. The molecule has 0 spiro atoms. The zero-order valence-electron chi connectivity index (χ0n) is 16.3. The number of fused-ring (bicyclic) bond motifs is 2. The van der Waals surface area contributed by atoms with E-state index in [1.165, 1.54) is 0 Å². The number of halogens is 3. The molecule has 0 aliphatic carbocycles. The van der Waals surface area contributed by atoms with Crippen molar-refractivity contribution in [1.82, 2.24) is 4.90 Å². The molecule has 4 nitrogen and oxygen atoms in total. The summed E-state index contributed by atoms with van der Waals surface area (Å²) < 4.78 is 47.1. The zero-order chi connectivity index (χ0) is 21.1. The van der Waals surface area contributed by atoms with Crippen LogP contribution in [0.5, 0.6) is 5.75 Å². The summed E-state index contributed by atoms with van der Waals surface area (Å²) in [6.07, 6.45) is -0.127. The molecular formula is C23H22F3NO3. The topological polar surface area (TPSA) is 38.8 Å². The summed E-state index contributed by atoms with van der Waals surface area (Å²) in [6, 6.07) is 16.2. The van der Waals surface area contributed by atoms with E-state index >= 15 is 0 Å². The van der Waals surface area contributed by atoms with Crippen molar-refractivity contribution in [3.63, 3.8) is 0 Å². The van der Waals surface area contributed by atoms with E-state index in [2.05, 4.69) is 6.08 Å². The fourth-order valence-corrected chi connectivity index (χ4v) is 4.05. The van der Waals surface area contributed by atoms with Crippen LogP contribution in [0.2, 0.25) is 0 Å². The van der Waals surface area contributed by atoms with Crippen molar-refractivity contribution in [1.29, 1.82) is 0 Å². The molecule has 0 N–H and O–H groups in total. The smallest absolute Gasteiger partial charge is 0.422 e. The minimum atomic E-state index is -4.36. The molecule has 1 fully saturated rings. The lowest BCUT2D eigenvalue weighted by Gasteiger charge is -2.33. The highest BCUT2D eigenvalue weighted by Gasteiger charge is 2.40. The van der Waals surface area contributed by atoms with Gasteiger partial charge >= 0.3 is 12.3 Å². The van der Waals surface area contributed by atoms with Crippen LogP contribution in [0.1, 0.15) is 30.4 Å². The lowest BCUT2D eigenvalue weighted by Crippen LogP contribution is -2.43. The Hall–Kier alpha value is -2.96. The Morgan fingerprint density at radius 1 is 1.03 bits per heavy atom. The van der Waals surface area contributed by atoms with Crippen LogP contribution in [-0.2, 0) is 11.3 Å². The first-order valence-electron chi connectivity index (χ1n) is 9.89. The third-order valence-electron chi connectivity index (χ3n) is 5.44. The van der Waals surface area contributed by atoms with E-state index in [9.17, 15) is 18.0 Å². The predicted octanol–water partition coefficient (Wildman–Crippen LogP) is 5.58.